The van der Waals surface area contributed by atoms with Gasteiger partial charge in [0.05, 0.1) is 5.75 Å². The fourth-order valence-electron chi connectivity index (χ4n) is 1.17. The quantitative estimate of drug-likeness (QED) is 0.745. The van der Waals surface area contributed by atoms with E-state index in [9.17, 15) is 8.42 Å². The molecule has 0 aromatic rings. The Morgan fingerprint density at radius 1 is 1.29 bits per heavy atom. The van der Waals surface area contributed by atoms with Crippen molar-refractivity contribution in [2.75, 3.05) is 26.0 Å². The van der Waals surface area contributed by atoms with E-state index in [1.807, 2.05) is 20.8 Å². The van der Waals surface area contributed by atoms with Crippen molar-refractivity contribution in [1.29, 1.82) is 0 Å². The minimum atomic E-state index is -3.18. The molecule has 0 aromatic carbocycles. The van der Waals surface area contributed by atoms with E-state index in [4.69, 9.17) is 5.11 Å². The van der Waals surface area contributed by atoms with Gasteiger partial charge in [0.2, 0.25) is 10.0 Å². The summed E-state index contributed by atoms with van der Waals surface area (Å²) < 4.78 is 24.5. The normalized spacial score (nSPS) is 13.6. The molecule has 5 heteroatoms. The van der Waals surface area contributed by atoms with Crippen LogP contribution in [-0.2, 0) is 10.0 Å². The van der Waals surface area contributed by atoms with E-state index < -0.39 is 10.0 Å². The van der Waals surface area contributed by atoms with Crippen LogP contribution in [0, 0.1) is 5.41 Å². The van der Waals surface area contributed by atoms with Crippen molar-refractivity contribution < 1.29 is 13.5 Å². The average Bonchev–Trinajstić information content (AvgIpc) is 1.97. The van der Waals surface area contributed by atoms with Gasteiger partial charge in [-0.15, -0.1) is 0 Å². The number of hydrogen-bond acceptors (Lipinski definition) is 3. The summed E-state index contributed by atoms with van der Waals surface area (Å²) in [6, 6.07) is 0. The molecular formula is C9H21NO3S. The summed E-state index contributed by atoms with van der Waals surface area (Å²) in [6.07, 6.45) is 0.302. The van der Waals surface area contributed by atoms with Gasteiger partial charge in [0.15, 0.2) is 0 Å². The van der Waals surface area contributed by atoms with E-state index in [1.54, 1.807) is 7.05 Å². The number of sulfonamides is 1. The number of aliphatic hydroxyl groups excluding tert-OH is 1. The Labute approximate surface area is 87.0 Å². The largest absolute Gasteiger partial charge is 0.396 e. The Balaban J connectivity index is 4.30. The van der Waals surface area contributed by atoms with Gasteiger partial charge in [0.1, 0.15) is 0 Å². The molecule has 1 N–H and O–H groups in total. The lowest BCUT2D eigenvalue weighted by atomic mass is 9.97. The Morgan fingerprint density at radius 2 is 1.79 bits per heavy atom. The maximum Gasteiger partial charge on any atom is 0.213 e. The van der Waals surface area contributed by atoms with Crippen LogP contribution in [0.3, 0.4) is 0 Å². The molecule has 0 saturated carbocycles. The summed E-state index contributed by atoms with van der Waals surface area (Å²) in [6.45, 7) is 6.39. The van der Waals surface area contributed by atoms with Gasteiger partial charge >= 0.3 is 0 Å². The lowest BCUT2D eigenvalue weighted by Gasteiger charge is -2.25. The summed E-state index contributed by atoms with van der Waals surface area (Å²) in [4.78, 5) is 0. The molecular weight excluding hydrogens is 202 g/mol. The second kappa shape index (κ2) is 5.09. The molecule has 0 bridgehead atoms. The number of rotatable bonds is 5. The molecule has 0 atom stereocenters. The smallest absolute Gasteiger partial charge is 0.213 e. The molecule has 0 aliphatic heterocycles. The van der Waals surface area contributed by atoms with Crippen molar-refractivity contribution >= 4 is 10.0 Å². The van der Waals surface area contributed by atoms with Crippen molar-refractivity contribution in [3.05, 3.63) is 0 Å². The highest BCUT2D eigenvalue weighted by molar-refractivity contribution is 7.89. The first kappa shape index (κ1) is 13.9. The van der Waals surface area contributed by atoms with Gasteiger partial charge in [-0.25, -0.2) is 12.7 Å². The first-order valence-electron chi connectivity index (χ1n) is 4.74. The van der Waals surface area contributed by atoms with Gasteiger partial charge in [-0.05, 0) is 11.8 Å². The minimum absolute atomic E-state index is 0.0239. The van der Waals surface area contributed by atoms with E-state index in [-0.39, 0.29) is 17.8 Å². The number of hydrogen-bond donors (Lipinski definition) is 1. The Morgan fingerprint density at radius 3 is 2.14 bits per heavy atom. The van der Waals surface area contributed by atoms with Gasteiger partial charge in [0, 0.05) is 20.2 Å². The molecule has 0 radical (unpaired) electrons. The zero-order valence-electron chi connectivity index (χ0n) is 9.45. The first-order chi connectivity index (χ1) is 6.19. The van der Waals surface area contributed by atoms with Crippen LogP contribution in [-0.4, -0.2) is 43.8 Å². The first-order valence-corrected chi connectivity index (χ1v) is 6.35. The van der Waals surface area contributed by atoms with Crippen LogP contribution in [0.4, 0.5) is 0 Å². The maximum atomic E-state index is 11.6. The summed E-state index contributed by atoms with van der Waals surface area (Å²) >= 11 is 0. The molecule has 0 aliphatic rings. The second-order valence-electron chi connectivity index (χ2n) is 4.71. The molecule has 4 nitrogen and oxygen atoms in total. The Hall–Kier alpha value is -0.130. The third kappa shape index (κ3) is 5.57. The molecule has 0 unspecified atom stereocenters. The van der Waals surface area contributed by atoms with Gasteiger partial charge in [-0.1, -0.05) is 20.8 Å². The molecule has 0 aromatic heterocycles. The summed E-state index contributed by atoms with van der Waals surface area (Å²) in [7, 11) is -1.60. The lowest BCUT2D eigenvalue weighted by molar-refractivity contribution is 0.290. The molecule has 0 heterocycles. The van der Waals surface area contributed by atoms with Gasteiger partial charge in [-0.2, -0.15) is 0 Å². The number of nitrogens with zero attached hydrogens (tertiary/aromatic N) is 1. The molecule has 0 amide bonds. The zero-order chi connectivity index (χ0) is 11.4. The van der Waals surface area contributed by atoms with E-state index >= 15 is 0 Å². The topological polar surface area (TPSA) is 57.6 Å². The standard InChI is InChI=1S/C9H21NO3S/c1-9(2,3)8-10(4)14(12,13)7-5-6-11/h11H,5-8H2,1-4H3. The van der Waals surface area contributed by atoms with Crippen LogP contribution in [0.25, 0.3) is 0 Å². The maximum absolute atomic E-state index is 11.6. The fourth-order valence-corrected chi connectivity index (χ4v) is 2.56. The van der Waals surface area contributed by atoms with E-state index in [0.29, 0.717) is 13.0 Å². The average molecular weight is 223 g/mol. The van der Waals surface area contributed by atoms with E-state index in [0.717, 1.165) is 0 Å². The zero-order valence-corrected chi connectivity index (χ0v) is 10.3. The van der Waals surface area contributed by atoms with Gasteiger partial charge < -0.3 is 5.11 Å². The Kier molecular flexibility index (Phi) is 5.05. The predicted octanol–water partition coefficient (Wildman–Crippen LogP) is 0.677. The second-order valence-corrected chi connectivity index (χ2v) is 6.91. The van der Waals surface area contributed by atoms with Crippen molar-refractivity contribution in [1.82, 2.24) is 4.31 Å². The summed E-state index contributed by atoms with van der Waals surface area (Å²) in [5.74, 6) is 0.0239. The molecule has 0 saturated heterocycles. The molecule has 86 valence electrons. The van der Waals surface area contributed by atoms with Crippen molar-refractivity contribution in [3.63, 3.8) is 0 Å². The molecule has 0 fully saturated rings. The third-order valence-electron chi connectivity index (χ3n) is 1.73. The van der Waals surface area contributed by atoms with Gasteiger partial charge in [-0.3, -0.25) is 0 Å². The van der Waals surface area contributed by atoms with Crippen LogP contribution in [0.2, 0.25) is 0 Å². The lowest BCUT2D eigenvalue weighted by Crippen LogP contribution is -2.36. The number of aliphatic hydroxyl groups is 1. The van der Waals surface area contributed by atoms with Crippen molar-refractivity contribution in [2.24, 2.45) is 5.41 Å². The van der Waals surface area contributed by atoms with Crippen LogP contribution in [0.15, 0.2) is 0 Å². The highest BCUT2D eigenvalue weighted by Gasteiger charge is 2.22. The molecule has 0 spiro atoms. The molecule has 14 heavy (non-hydrogen) atoms. The van der Waals surface area contributed by atoms with E-state index in [2.05, 4.69) is 0 Å². The summed E-state index contributed by atoms with van der Waals surface area (Å²) in [5, 5.41) is 8.56. The SMILES string of the molecule is CN(CC(C)(C)C)S(=O)(=O)CCCO. The third-order valence-corrected chi connectivity index (χ3v) is 3.62. The van der Waals surface area contributed by atoms with Crippen molar-refractivity contribution in [3.8, 4) is 0 Å². The summed E-state index contributed by atoms with van der Waals surface area (Å²) in [5.41, 5.74) is -0.0406. The highest BCUT2D eigenvalue weighted by Crippen LogP contribution is 2.16. The molecule has 0 aliphatic carbocycles. The molecule has 0 rings (SSSR count). The monoisotopic (exact) mass is 223 g/mol. The van der Waals surface area contributed by atoms with Crippen molar-refractivity contribution in [2.45, 2.75) is 27.2 Å². The predicted molar refractivity (Wildman–Crippen MR) is 57.6 cm³/mol. The van der Waals surface area contributed by atoms with Crippen LogP contribution in [0.1, 0.15) is 27.2 Å². The van der Waals surface area contributed by atoms with Crippen LogP contribution in [0.5, 0.6) is 0 Å². The van der Waals surface area contributed by atoms with E-state index in [1.165, 1.54) is 4.31 Å². The van der Waals surface area contributed by atoms with Crippen LogP contribution < -0.4 is 0 Å². The highest BCUT2D eigenvalue weighted by atomic mass is 32.2. The van der Waals surface area contributed by atoms with Crippen LogP contribution >= 0.6 is 0 Å². The fraction of sp³-hybridized carbons (Fsp3) is 1.00. The minimum Gasteiger partial charge on any atom is -0.396 e. The Bertz CT molecular complexity index is 254. The van der Waals surface area contributed by atoms with Gasteiger partial charge in [0.25, 0.3) is 0 Å².